The van der Waals surface area contributed by atoms with Crippen LogP contribution in [0.3, 0.4) is 0 Å². The van der Waals surface area contributed by atoms with Gasteiger partial charge in [-0.25, -0.2) is 4.98 Å². The topological polar surface area (TPSA) is 29.3 Å². The minimum absolute atomic E-state index is 0.652. The molecule has 1 fully saturated rings. The van der Waals surface area contributed by atoms with E-state index in [4.69, 9.17) is 0 Å². The molecule has 2 unspecified atom stereocenters. The van der Waals surface area contributed by atoms with Crippen molar-refractivity contribution in [1.82, 2.24) is 14.7 Å². The standard InChI is InChI=1S/C13H17N3/c1-10-9-14-6-5-11(10)12-3-2-4-13-15-7-8-16(12)13/h2-4,7-8,10-11,14H,5-6,9H2,1H3. The van der Waals surface area contributed by atoms with Crippen LogP contribution < -0.4 is 5.32 Å². The maximum atomic E-state index is 4.35. The van der Waals surface area contributed by atoms with Crippen LogP contribution in [0.15, 0.2) is 30.6 Å². The molecule has 1 aliphatic heterocycles. The summed E-state index contributed by atoms with van der Waals surface area (Å²) in [6.07, 6.45) is 5.17. The highest BCUT2D eigenvalue weighted by Gasteiger charge is 2.24. The number of hydrogen-bond acceptors (Lipinski definition) is 2. The van der Waals surface area contributed by atoms with Gasteiger partial charge in [0.25, 0.3) is 0 Å². The van der Waals surface area contributed by atoms with Crippen molar-refractivity contribution in [2.45, 2.75) is 19.3 Å². The highest BCUT2D eigenvalue weighted by atomic mass is 15.0. The molecule has 3 nitrogen and oxygen atoms in total. The number of nitrogens with zero attached hydrogens (tertiary/aromatic N) is 2. The van der Waals surface area contributed by atoms with E-state index in [1.165, 1.54) is 12.1 Å². The quantitative estimate of drug-likeness (QED) is 0.789. The van der Waals surface area contributed by atoms with E-state index in [2.05, 4.69) is 46.0 Å². The Bertz CT molecular complexity index is 489. The number of aromatic nitrogens is 2. The average molecular weight is 215 g/mol. The highest BCUT2D eigenvalue weighted by Crippen LogP contribution is 2.30. The SMILES string of the molecule is CC1CNCCC1c1cccc2nccn12. The van der Waals surface area contributed by atoms with Crippen molar-refractivity contribution in [2.24, 2.45) is 5.92 Å². The summed E-state index contributed by atoms with van der Waals surface area (Å²) in [5.74, 6) is 1.35. The van der Waals surface area contributed by atoms with E-state index in [0.717, 1.165) is 18.7 Å². The van der Waals surface area contributed by atoms with Crippen LogP contribution in [-0.4, -0.2) is 22.5 Å². The van der Waals surface area contributed by atoms with Crippen LogP contribution in [0.4, 0.5) is 0 Å². The molecule has 1 aliphatic rings. The molecule has 0 amide bonds. The molecule has 3 rings (SSSR count). The van der Waals surface area contributed by atoms with Crippen molar-refractivity contribution in [3.63, 3.8) is 0 Å². The maximum absolute atomic E-state index is 4.35. The van der Waals surface area contributed by atoms with Gasteiger partial charge in [0.15, 0.2) is 0 Å². The van der Waals surface area contributed by atoms with E-state index in [0.29, 0.717) is 11.8 Å². The zero-order chi connectivity index (χ0) is 11.0. The van der Waals surface area contributed by atoms with Crippen molar-refractivity contribution in [3.8, 4) is 0 Å². The molecule has 2 aromatic rings. The third-order valence-electron chi connectivity index (χ3n) is 3.63. The van der Waals surface area contributed by atoms with Gasteiger partial charge >= 0.3 is 0 Å². The van der Waals surface area contributed by atoms with Crippen LogP contribution in [-0.2, 0) is 0 Å². The molecule has 2 aromatic heterocycles. The number of piperidine rings is 1. The first-order chi connectivity index (χ1) is 7.86. The van der Waals surface area contributed by atoms with Gasteiger partial charge in [-0.3, -0.25) is 0 Å². The predicted octanol–water partition coefficient (Wildman–Crippen LogP) is 2.05. The fraction of sp³-hybridized carbons (Fsp3) is 0.462. The molecule has 0 saturated carbocycles. The van der Waals surface area contributed by atoms with Crippen LogP contribution in [0, 0.1) is 5.92 Å². The second kappa shape index (κ2) is 3.91. The Hall–Kier alpha value is -1.35. The summed E-state index contributed by atoms with van der Waals surface area (Å²) in [5, 5.41) is 3.45. The Morgan fingerprint density at radius 3 is 3.25 bits per heavy atom. The first-order valence-electron chi connectivity index (χ1n) is 5.99. The van der Waals surface area contributed by atoms with Gasteiger partial charge in [0, 0.05) is 24.0 Å². The van der Waals surface area contributed by atoms with E-state index < -0.39 is 0 Å². The zero-order valence-corrected chi connectivity index (χ0v) is 9.56. The third kappa shape index (κ3) is 1.52. The van der Waals surface area contributed by atoms with Crippen LogP contribution >= 0.6 is 0 Å². The van der Waals surface area contributed by atoms with Crippen molar-refractivity contribution in [1.29, 1.82) is 0 Å². The van der Waals surface area contributed by atoms with Gasteiger partial charge in [-0.1, -0.05) is 13.0 Å². The normalized spacial score (nSPS) is 26.1. The first kappa shape index (κ1) is 9.85. The first-order valence-corrected chi connectivity index (χ1v) is 5.99. The van der Waals surface area contributed by atoms with E-state index >= 15 is 0 Å². The van der Waals surface area contributed by atoms with Crippen molar-refractivity contribution < 1.29 is 0 Å². The Morgan fingerprint density at radius 2 is 2.38 bits per heavy atom. The minimum Gasteiger partial charge on any atom is -0.316 e. The smallest absolute Gasteiger partial charge is 0.136 e. The molecule has 0 aromatic carbocycles. The molecule has 0 aliphatic carbocycles. The van der Waals surface area contributed by atoms with Gasteiger partial charge < -0.3 is 9.72 Å². The minimum atomic E-state index is 0.652. The molecule has 0 bridgehead atoms. The summed E-state index contributed by atoms with van der Waals surface area (Å²) in [6.45, 7) is 4.57. The molecule has 1 N–H and O–H groups in total. The number of rotatable bonds is 1. The van der Waals surface area contributed by atoms with Crippen LogP contribution in [0.5, 0.6) is 0 Å². The summed E-state index contributed by atoms with van der Waals surface area (Å²) in [6, 6.07) is 6.42. The average Bonchev–Trinajstić information content (AvgIpc) is 2.77. The molecular weight excluding hydrogens is 198 g/mol. The largest absolute Gasteiger partial charge is 0.316 e. The third-order valence-corrected chi connectivity index (χ3v) is 3.63. The van der Waals surface area contributed by atoms with E-state index in [-0.39, 0.29) is 0 Å². The number of nitrogens with one attached hydrogen (secondary N) is 1. The summed E-state index contributed by atoms with van der Waals surface area (Å²) >= 11 is 0. The lowest BCUT2D eigenvalue weighted by atomic mass is 9.85. The van der Waals surface area contributed by atoms with Gasteiger partial charge in [-0.05, 0) is 37.6 Å². The molecule has 1 saturated heterocycles. The number of pyridine rings is 1. The fourth-order valence-corrected chi connectivity index (χ4v) is 2.73. The lowest BCUT2D eigenvalue weighted by Crippen LogP contribution is -2.34. The van der Waals surface area contributed by atoms with Crippen LogP contribution in [0.25, 0.3) is 5.65 Å². The second-order valence-corrected chi connectivity index (χ2v) is 4.68. The molecule has 84 valence electrons. The Balaban J connectivity index is 2.07. The number of hydrogen-bond donors (Lipinski definition) is 1. The summed E-state index contributed by atoms with van der Waals surface area (Å²) in [5.41, 5.74) is 2.47. The summed E-state index contributed by atoms with van der Waals surface area (Å²) < 4.78 is 2.23. The number of imidazole rings is 1. The van der Waals surface area contributed by atoms with Crippen LogP contribution in [0.2, 0.25) is 0 Å². The Kier molecular flexibility index (Phi) is 2.40. The van der Waals surface area contributed by atoms with Gasteiger partial charge in [-0.2, -0.15) is 0 Å². The zero-order valence-electron chi connectivity index (χ0n) is 9.56. The fourth-order valence-electron chi connectivity index (χ4n) is 2.73. The van der Waals surface area contributed by atoms with Crippen molar-refractivity contribution >= 4 is 5.65 Å². The van der Waals surface area contributed by atoms with E-state index in [1.54, 1.807) is 0 Å². The predicted molar refractivity (Wildman–Crippen MR) is 64.6 cm³/mol. The lowest BCUT2D eigenvalue weighted by molar-refractivity contribution is 0.342. The van der Waals surface area contributed by atoms with Gasteiger partial charge in [0.05, 0.1) is 0 Å². The van der Waals surface area contributed by atoms with Crippen molar-refractivity contribution in [3.05, 3.63) is 36.3 Å². The second-order valence-electron chi connectivity index (χ2n) is 4.68. The lowest BCUT2D eigenvalue weighted by Gasteiger charge is -2.30. The Labute approximate surface area is 95.5 Å². The Morgan fingerprint density at radius 1 is 1.44 bits per heavy atom. The monoisotopic (exact) mass is 215 g/mol. The molecule has 16 heavy (non-hydrogen) atoms. The molecule has 3 heterocycles. The number of fused-ring (bicyclic) bond motifs is 1. The van der Waals surface area contributed by atoms with Gasteiger partial charge in [0.2, 0.25) is 0 Å². The van der Waals surface area contributed by atoms with Crippen LogP contribution in [0.1, 0.15) is 25.0 Å². The van der Waals surface area contributed by atoms with Crippen molar-refractivity contribution in [2.75, 3.05) is 13.1 Å². The molecular formula is C13H17N3. The molecule has 0 spiro atoms. The van der Waals surface area contributed by atoms with E-state index in [9.17, 15) is 0 Å². The molecule has 2 atom stereocenters. The van der Waals surface area contributed by atoms with Gasteiger partial charge in [-0.15, -0.1) is 0 Å². The molecule has 3 heteroatoms. The summed E-state index contributed by atoms with van der Waals surface area (Å²) in [4.78, 5) is 4.35. The van der Waals surface area contributed by atoms with E-state index in [1.807, 2.05) is 6.20 Å². The van der Waals surface area contributed by atoms with Gasteiger partial charge in [0.1, 0.15) is 5.65 Å². The molecule has 0 radical (unpaired) electrons. The highest BCUT2D eigenvalue weighted by molar-refractivity contribution is 5.40. The maximum Gasteiger partial charge on any atom is 0.136 e. The summed E-state index contributed by atoms with van der Waals surface area (Å²) in [7, 11) is 0.